The van der Waals surface area contributed by atoms with Gasteiger partial charge in [-0.05, 0) is 24.1 Å². The highest BCUT2D eigenvalue weighted by atomic mass is 32.2. The van der Waals surface area contributed by atoms with Gasteiger partial charge in [0.25, 0.3) is 0 Å². The first kappa shape index (κ1) is 12.9. The molecule has 0 aromatic heterocycles. The molecule has 0 nitrogen and oxygen atoms in total. The predicted molar refractivity (Wildman–Crippen MR) is 85.7 cm³/mol. The second-order valence-corrected chi connectivity index (χ2v) is 6.73. The summed E-state index contributed by atoms with van der Waals surface area (Å²) in [6.45, 7) is 2.21. The van der Waals surface area contributed by atoms with Crippen LogP contribution in [0.1, 0.15) is 24.2 Å². The Hall–Kier alpha value is -1.12. The van der Waals surface area contributed by atoms with Gasteiger partial charge >= 0.3 is 0 Å². The number of thioether (sulfide) groups is 2. The largest absolute Gasteiger partial charge is 0.111 e. The normalized spacial score (nSPS) is 20.3. The van der Waals surface area contributed by atoms with Crippen molar-refractivity contribution in [2.75, 3.05) is 0 Å². The molecule has 3 rings (SSSR count). The summed E-state index contributed by atoms with van der Waals surface area (Å²) in [5.41, 5.74) is 1.40. The molecule has 0 N–H and O–H groups in total. The maximum Gasteiger partial charge on any atom is 0.0654 e. The lowest BCUT2D eigenvalue weighted by atomic mass is 10.1. The van der Waals surface area contributed by atoms with E-state index >= 15 is 0 Å². The van der Waals surface area contributed by atoms with Crippen LogP contribution in [-0.4, -0.2) is 0 Å². The van der Waals surface area contributed by atoms with Crippen molar-refractivity contribution in [1.82, 2.24) is 0 Å². The van der Waals surface area contributed by atoms with Gasteiger partial charge in [0.05, 0.1) is 5.25 Å². The van der Waals surface area contributed by atoms with Crippen LogP contribution in [0.2, 0.25) is 0 Å². The van der Waals surface area contributed by atoms with Gasteiger partial charge in [0.15, 0.2) is 0 Å². The summed E-state index contributed by atoms with van der Waals surface area (Å²) in [5.74, 6) is 0. The highest BCUT2D eigenvalue weighted by molar-refractivity contribution is 8.08. The molecule has 19 heavy (non-hydrogen) atoms. The van der Waals surface area contributed by atoms with Crippen molar-refractivity contribution in [3.05, 3.63) is 71.1 Å². The molecule has 1 atom stereocenters. The molecular formula is C17H16S2. The minimum atomic E-state index is 0.445. The van der Waals surface area contributed by atoms with E-state index in [9.17, 15) is 0 Å². The van der Waals surface area contributed by atoms with Gasteiger partial charge < -0.3 is 0 Å². The molecule has 1 aliphatic heterocycles. The van der Waals surface area contributed by atoms with E-state index in [0.29, 0.717) is 5.25 Å². The summed E-state index contributed by atoms with van der Waals surface area (Å²) in [4.78, 5) is 4.26. The van der Waals surface area contributed by atoms with Crippen molar-refractivity contribution in [3.8, 4) is 0 Å². The minimum absolute atomic E-state index is 0.445. The van der Waals surface area contributed by atoms with Gasteiger partial charge in [0.2, 0.25) is 0 Å². The molecule has 0 bridgehead atoms. The number of fused-ring (bicyclic) bond motifs is 1. The summed E-state index contributed by atoms with van der Waals surface area (Å²) >= 11 is 3.89. The molecule has 0 amide bonds. The smallest absolute Gasteiger partial charge is 0.0654 e. The molecule has 1 aliphatic rings. The van der Waals surface area contributed by atoms with Gasteiger partial charge in [-0.3, -0.25) is 0 Å². The molecule has 0 radical (unpaired) electrons. The number of hydrogen-bond donors (Lipinski definition) is 0. The predicted octanol–water partition coefficient (Wildman–Crippen LogP) is 5.92. The average molecular weight is 284 g/mol. The van der Waals surface area contributed by atoms with E-state index in [0.717, 1.165) is 6.42 Å². The first-order valence-electron chi connectivity index (χ1n) is 6.57. The van der Waals surface area contributed by atoms with Gasteiger partial charge in [-0.1, -0.05) is 67.2 Å². The van der Waals surface area contributed by atoms with Gasteiger partial charge in [-0.25, -0.2) is 0 Å². The van der Waals surface area contributed by atoms with E-state index in [1.54, 1.807) is 0 Å². The first-order chi connectivity index (χ1) is 9.38. The van der Waals surface area contributed by atoms with Crippen LogP contribution in [0.25, 0.3) is 0 Å². The Bertz CT molecular complexity index is 587. The summed E-state index contributed by atoms with van der Waals surface area (Å²) in [5, 5.41) is 0.445. The molecule has 1 heterocycles. The Balaban J connectivity index is 2.01. The lowest BCUT2D eigenvalue weighted by Crippen LogP contribution is -2.01. The third-order valence-electron chi connectivity index (χ3n) is 3.09. The Morgan fingerprint density at radius 2 is 1.63 bits per heavy atom. The Morgan fingerprint density at radius 3 is 2.37 bits per heavy atom. The molecule has 1 unspecified atom stereocenters. The Kier molecular flexibility index (Phi) is 4.00. The molecule has 2 aromatic rings. The van der Waals surface area contributed by atoms with Crippen molar-refractivity contribution in [3.63, 3.8) is 0 Å². The number of allylic oxidation sites excluding steroid dienone is 1. The summed E-state index contributed by atoms with van der Waals surface area (Å²) in [6.07, 6.45) is 3.46. The second kappa shape index (κ2) is 5.89. The van der Waals surface area contributed by atoms with Gasteiger partial charge in [-0.15, -0.1) is 11.8 Å². The SMILES string of the molecule is CC/C=C1\Sc2ccccc2SC1c1ccccc1. The van der Waals surface area contributed by atoms with E-state index in [1.165, 1.54) is 20.3 Å². The molecule has 96 valence electrons. The average Bonchev–Trinajstić information content (AvgIpc) is 2.48. The van der Waals surface area contributed by atoms with Crippen molar-refractivity contribution in [2.24, 2.45) is 0 Å². The van der Waals surface area contributed by atoms with Crippen LogP contribution in [0.3, 0.4) is 0 Å². The highest BCUT2D eigenvalue weighted by Crippen LogP contribution is 2.54. The molecule has 0 aliphatic carbocycles. The van der Waals surface area contributed by atoms with Crippen LogP contribution in [0.5, 0.6) is 0 Å². The molecule has 0 saturated heterocycles. The first-order valence-corrected chi connectivity index (χ1v) is 8.26. The standard InChI is InChI=1S/C17H16S2/c1-2-8-16-17(13-9-4-3-5-10-13)19-15-12-7-6-11-14(15)18-16/h3-12,17H,2H2,1H3/b16-8-. The highest BCUT2D eigenvalue weighted by Gasteiger charge is 2.25. The zero-order valence-corrected chi connectivity index (χ0v) is 12.5. The van der Waals surface area contributed by atoms with Crippen molar-refractivity contribution >= 4 is 23.5 Å². The van der Waals surface area contributed by atoms with Crippen LogP contribution >= 0.6 is 23.5 Å². The zero-order chi connectivity index (χ0) is 13.1. The van der Waals surface area contributed by atoms with Crippen LogP contribution in [0.4, 0.5) is 0 Å². The van der Waals surface area contributed by atoms with Crippen molar-refractivity contribution < 1.29 is 0 Å². The summed E-state index contributed by atoms with van der Waals surface area (Å²) in [6, 6.07) is 19.5. The maximum atomic E-state index is 2.37. The summed E-state index contributed by atoms with van der Waals surface area (Å²) < 4.78 is 0. The maximum absolute atomic E-state index is 2.37. The molecule has 0 spiro atoms. The van der Waals surface area contributed by atoms with Gasteiger partial charge in [0, 0.05) is 14.7 Å². The van der Waals surface area contributed by atoms with Crippen LogP contribution < -0.4 is 0 Å². The van der Waals surface area contributed by atoms with E-state index in [-0.39, 0.29) is 0 Å². The molecular weight excluding hydrogens is 268 g/mol. The third kappa shape index (κ3) is 2.75. The quantitative estimate of drug-likeness (QED) is 0.671. The lowest BCUT2D eigenvalue weighted by molar-refractivity contribution is 1.11. The Labute approximate surface area is 123 Å². The van der Waals surface area contributed by atoms with Gasteiger partial charge in [0.1, 0.15) is 0 Å². The minimum Gasteiger partial charge on any atom is -0.111 e. The Morgan fingerprint density at radius 1 is 0.947 bits per heavy atom. The van der Waals surface area contributed by atoms with Crippen molar-refractivity contribution in [1.29, 1.82) is 0 Å². The fraction of sp³-hybridized carbons (Fsp3) is 0.176. The number of hydrogen-bond acceptors (Lipinski definition) is 2. The van der Waals surface area contributed by atoms with E-state index in [4.69, 9.17) is 0 Å². The number of rotatable bonds is 2. The molecule has 0 saturated carbocycles. The van der Waals surface area contributed by atoms with E-state index in [1.807, 2.05) is 23.5 Å². The number of benzene rings is 2. The second-order valence-electron chi connectivity index (χ2n) is 4.47. The van der Waals surface area contributed by atoms with Crippen LogP contribution in [-0.2, 0) is 0 Å². The van der Waals surface area contributed by atoms with Gasteiger partial charge in [-0.2, -0.15) is 0 Å². The van der Waals surface area contributed by atoms with E-state index in [2.05, 4.69) is 67.6 Å². The molecule has 2 heteroatoms. The zero-order valence-electron chi connectivity index (χ0n) is 10.9. The molecule has 2 aromatic carbocycles. The topological polar surface area (TPSA) is 0 Å². The fourth-order valence-corrected chi connectivity index (χ4v) is 4.93. The lowest BCUT2D eigenvalue weighted by Gasteiger charge is -2.26. The third-order valence-corrected chi connectivity index (χ3v) is 5.95. The fourth-order valence-electron chi connectivity index (χ4n) is 2.21. The monoisotopic (exact) mass is 284 g/mol. The van der Waals surface area contributed by atoms with Crippen molar-refractivity contribution in [2.45, 2.75) is 28.4 Å². The van der Waals surface area contributed by atoms with E-state index < -0.39 is 0 Å². The van der Waals surface area contributed by atoms with Crippen LogP contribution in [0, 0.1) is 0 Å². The van der Waals surface area contributed by atoms with Crippen LogP contribution in [0.15, 0.2) is 75.4 Å². The molecule has 0 fully saturated rings. The summed E-state index contributed by atoms with van der Waals surface area (Å²) in [7, 11) is 0.